The number of nitrogens with one attached hydrogen (secondary N) is 1. The molecule has 6 nitrogen and oxygen atoms in total. The molecular weight excluding hydrogens is 360 g/mol. The molecule has 0 amide bonds. The fourth-order valence-electron chi connectivity index (χ4n) is 2.88. The number of pyridine rings is 1. The summed E-state index contributed by atoms with van der Waals surface area (Å²) in [5.41, 5.74) is 3.32. The Morgan fingerprint density at radius 2 is 1.85 bits per heavy atom. The molecule has 2 aromatic carbocycles. The Labute approximate surface area is 159 Å². The number of nitrogens with zero attached hydrogens (tertiary/aromatic N) is 3. The third-order valence-corrected chi connectivity index (χ3v) is 5.09. The van der Waals surface area contributed by atoms with E-state index in [2.05, 4.69) is 15.4 Å². The molecule has 0 saturated carbocycles. The number of methoxy groups -OCH3 is 1. The van der Waals surface area contributed by atoms with Crippen molar-refractivity contribution in [3.05, 3.63) is 66.7 Å². The number of rotatable bonds is 5. The Kier molecular flexibility index (Phi) is 4.60. The second-order valence-electron chi connectivity index (χ2n) is 5.92. The van der Waals surface area contributed by atoms with Gasteiger partial charge in [0, 0.05) is 27.5 Å². The predicted molar refractivity (Wildman–Crippen MR) is 107 cm³/mol. The average molecular weight is 378 g/mol. The molecular formula is C20H18N4O2S. The lowest BCUT2D eigenvalue weighted by molar-refractivity contribution is 0.417. The quantitative estimate of drug-likeness (QED) is 0.571. The van der Waals surface area contributed by atoms with E-state index < -0.39 is 10.8 Å². The van der Waals surface area contributed by atoms with E-state index in [1.54, 1.807) is 17.9 Å². The molecule has 0 aliphatic rings. The van der Waals surface area contributed by atoms with Gasteiger partial charge < -0.3 is 10.1 Å². The van der Waals surface area contributed by atoms with E-state index in [-0.39, 0.29) is 0 Å². The van der Waals surface area contributed by atoms with E-state index in [0.29, 0.717) is 11.6 Å². The zero-order valence-electron chi connectivity index (χ0n) is 14.9. The van der Waals surface area contributed by atoms with Crippen molar-refractivity contribution in [2.75, 3.05) is 18.7 Å². The van der Waals surface area contributed by atoms with Crippen molar-refractivity contribution in [1.82, 2.24) is 14.6 Å². The molecule has 0 spiro atoms. The molecule has 4 rings (SSSR count). The SMILES string of the molecule is COc1ccccc1Nc1nc2cccc(-c3cccc(S(C)=O)c3)n2n1. The highest BCUT2D eigenvalue weighted by Gasteiger charge is 2.11. The van der Waals surface area contributed by atoms with Crippen LogP contribution in [0.4, 0.5) is 11.6 Å². The zero-order valence-corrected chi connectivity index (χ0v) is 15.7. The molecule has 0 fully saturated rings. The number of anilines is 2. The second-order valence-corrected chi connectivity index (χ2v) is 7.30. The molecule has 1 N–H and O–H groups in total. The van der Waals surface area contributed by atoms with Gasteiger partial charge in [-0.1, -0.05) is 30.3 Å². The monoisotopic (exact) mass is 378 g/mol. The van der Waals surface area contributed by atoms with Crippen molar-refractivity contribution < 1.29 is 8.95 Å². The van der Waals surface area contributed by atoms with Crippen LogP contribution in [-0.2, 0) is 10.8 Å². The predicted octanol–water partition coefficient (Wildman–Crippen LogP) is 3.89. The minimum atomic E-state index is -1.04. The highest BCUT2D eigenvalue weighted by molar-refractivity contribution is 7.84. The molecule has 0 aliphatic carbocycles. The Hall–Kier alpha value is -3.19. The maximum atomic E-state index is 11.8. The Morgan fingerprint density at radius 3 is 2.67 bits per heavy atom. The van der Waals surface area contributed by atoms with Crippen LogP contribution in [-0.4, -0.2) is 32.2 Å². The van der Waals surface area contributed by atoms with Gasteiger partial charge in [0.1, 0.15) is 5.75 Å². The smallest absolute Gasteiger partial charge is 0.247 e. The standard InChI is InChI=1S/C20H18N4O2S/c1-26-18-11-4-3-9-16(18)21-20-22-19-12-6-10-17(24(19)23-20)14-7-5-8-15(13-14)27(2)25/h3-13H,1-2H3,(H,21,23). The number of para-hydroxylation sites is 2. The average Bonchev–Trinajstić information content (AvgIpc) is 3.11. The lowest BCUT2D eigenvalue weighted by Crippen LogP contribution is -1.97. The molecule has 1 unspecified atom stereocenters. The lowest BCUT2D eigenvalue weighted by Gasteiger charge is -2.07. The van der Waals surface area contributed by atoms with Crippen molar-refractivity contribution in [2.45, 2.75) is 4.90 Å². The zero-order chi connectivity index (χ0) is 18.8. The third-order valence-electron chi connectivity index (χ3n) is 4.17. The molecule has 0 saturated heterocycles. The van der Waals surface area contributed by atoms with Gasteiger partial charge in [0.2, 0.25) is 5.95 Å². The molecule has 2 aromatic heterocycles. The number of aromatic nitrogens is 3. The van der Waals surface area contributed by atoms with E-state index in [1.165, 1.54) is 0 Å². The summed E-state index contributed by atoms with van der Waals surface area (Å²) in [5, 5.41) is 7.80. The van der Waals surface area contributed by atoms with Gasteiger partial charge in [-0.05, 0) is 36.4 Å². The van der Waals surface area contributed by atoms with Crippen LogP contribution < -0.4 is 10.1 Å². The number of ether oxygens (including phenoxy) is 1. The fourth-order valence-corrected chi connectivity index (χ4v) is 3.44. The van der Waals surface area contributed by atoms with E-state index in [4.69, 9.17) is 4.74 Å². The maximum Gasteiger partial charge on any atom is 0.247 e. The first-order valence-electron chi connectivity index (χ1n) is 8.35. The number of hydrogen-bond acceptors (Lipinski definition) is 5. The van der Waals surface area contributed by atoms with Crippen LogP contribution in [0.2, 0.25) is 0 Å². The van der Waals surface area contributed by atoms with Crippen LogP contribution in [0.15, 0.2) is 71.6 Å². The van der Waals surface area contributed by atoms with E-state index >= 15 is 0 Å². The van der Waals surface area contributed by atoms with Crippen molar-refractivity contribution in [3.8, 4) is 17.0 Å². The van der Waals surface area contributed by atoms with Crippen LogP contribution >= 0.6 is 0 Å². The highest BCUT2D eigenvalue weighted by atomic mass is 32.2. The van der Waals surface area contributed by atoms with Crippen LogP contribution in [0, 0.1) is 0 Å². The first-order chi connectivity index (χ1) is 13.2. The van der Waals surface area contributed by atoms with Crippen LogP contribution in [0.25, 0.3) is 16.9 Å². The summed E-state index contributed by atoms with van der Waals surface area (Å²) in [6, 6.07) is 21.0. The first-order valence-corrected chi connectivity index (χ1v) is 9.91. The minimum absolute atomic E-state index is 0.474. The highest BCUT2D eigenvalue weighted by Crippen LogP contribution is 2.27. The van der Waals surface area contributed by atoms with E-state index in [0.717, 1.165) is 27.6 Å². The third kappa shape index (κ3) is 3.41. The maximum absolute atomic E-state index is 11.8. The van der Waals surface area contributed by atoms with Crippen LogP contribution in [0.5, 0.6) is 5.75 Å². The van der Waals surface area contributed by atoms with Gasteiger partial charge in [0.05, 0.1) is 18.5 Å². The van der Waals surface area contributed by atoms with Crippen molar-refractivity contribution in [2.24, 2.45) is 0 Å². The summed E-state index contributed by atoms with van der Waals surface area (Å²) >= 11 is 0. The molecule has 2 heterocycles. The summed E-state index contributed by atoms with van der Waals surface area (Å²) in [6.45, 7) is 0. The van der Waals surface area contributed by atoms with Gasteiger partial charge in [0.15, 0.2) is 5.65 Å². The Balaban J connectivity index is 1.77. The summed E-state index contributed by atoms with van der Waals surface area (Å²) in [7, 11) is 0.582. The largest absolute Gasteiger partial charge is 0.495 e. The second kappa shape index (κ2) is 7.20. The number of hydrogen-bond donors (Lipinski definition) is 1. The number of benzene rings is 2. The molecule has 0 aliphatic heterocycles. The summed E-state index contributed by atoms with van der Waals surface area (Å²) in [6.07, 6.45) is 1.67. The molecule has 0 bridgehead atoms. The van der Waals surface area contributed by atoms with Gasteiger partial charge >= 0.3 is 0 Å². The van der Waals surface area contributed by atoms with Crippen molar-refractivity contribution in [3.63, 3.8) is 0 Å². The van der Waals surface area contributed by atoms with Crippen LogP contribution in [0.3, 0.4) is 0 Å². The van der Waals surface area contributed by atoms with E-state index in [1.807, 2.05) is 66.7 Å². The summed E-state index contributed by atoms with van der Waals surface area (Å²) in [5.74, 6) is 1.19. The molecule has 136 valence electrons. The molecule has 7 heteroatoms. The van der Waals surface area contributed by atoms with E-state index in [9.17, 15) is 4.21 Å². The normalized spacial score (nSPS) is 12.1. The minimum Gasteiger partial charge on any atom is -0.495 e. The molecule has 27 heavy (non-hydrogen) atoms. The molecule has 1 atom stereocenters. The first kappa shape index (κ1) is 17.2. The van der Waals surface area contributed by atoms with Gasteiger partial charge in [-0.25, -0.2) is 4.52 Å². The van der Waals surface area contributed by atoms with Gasteiger partial charge in [-0.2, -0.15) is 4.98 Å². The fraction of sp³-hybridized carbons (Fsp3) is 0.100. The van der Waals surface area contributed by atoms with Gasteiger partial charge in [-0.15, -0.1) is 5.10 Å². The summed E-state index contributed by atoms with van der Waals surface area (Å²) < 4.78 is 19.0. The van der Waals surface area contributed by atoms with Crippen molar-refractivity contribution in [1.29, 1.82) is 0 Å². The van der Waals surface area contributed by atoms with Crippen molar-refractivity contribution >= 4 is 28.1 Å². The van der Waals surface area contributed by atoms with Crippen LogP contribution in [0.1, 0.15) is 0 Å². The molecule has 4 aromatic rings. The number of fused-ring (bicyclic) bond motifs is 1. The van der Waals surface area contributed by atoms with Gasteiger partial charge in [0.25, 0.3) is 0 Å². The Bertz CT molecular complexity index is 1140. The molecule has 0 radical (unpaired) electrons. The Morgan fingerprint density at radius 1 is 1.04 bits per heavy atom. The summed E-state index contributed by atoms with van der Waals surface area (Å²) in [4.78, 5) is 5.33. The van der Waals surface area contributed by atoms with Gasteiger partial charge in [-0.3, -0.25) is 4.21 Å². The topological polar surface area (TPSA) is 68.5 Å². The lowest BCUT2D eigenvalue weighted by atomic mass is 10.1.